The zero-order valence-corrected chi connectivity index (χ0v) is 11.8. The van der Waals surface area contributed by atoms with Crippen molar-refractivity contribution in [3.8, 4) is 11.1 Å². The number of aryl methyl sites for hydroxylation is 1. The molecule has 0 aliphatic heterocycles. The smallest absolute Gasteiger partial charge is 0.337 e. The number of carbonyl (C=O) groups is 1. The molecule has 0 amide bonds. The lowest BCUT2D eigenvalue weighted by Crippen LogP contribution is -2.00. The molecule has 0 aromatic heterocycles. The molecule has 92 valence electrons. The molecule has 0 atom stereocenters. The molecule has 0 heterocycles. The fourth-order valence-corrected chi connectivity index (χ4v) is 2.33. The van der Waals surface area contributed by atoms with Crippen LogP contribution in [-0.4, -0.2) is 13.1 Å². The second-order valence-corrected chi connectivity index (χ2v) is 4.94. The minimum Gasteiger partial charge on any atom is -0.465 e. The maximum Gasteiger partial charge on any atom is 0.337 e. The van der Waals surface area contributed by atoms with Crippen molar-refractivity contribution in [3.05, 3.63) is 58.1 Å². The molecule has 0 aliphatic rings. The fourth-order valence-electron chi connectivity index (χ4n) is 1.85. The van der Waals surface area contributed by atoms with Crippen LogP contribution in [0.25, 0.3) is 11.1 Å². The quantitative estimate of drug-likeness (QED) is 0.777. The van der Waals surface area contributed by atoms with Crippen LogP contribution in [-0.2, 0) is 4.74 Å². The van der Waals surface area contributed by atoms with Gasteiger partial charge in [-0.05, 0) is 47.9 Å². The lowest BCUT2D eigenvalue weighted by Gasteiger charge is -2.07. The second kappa shape index (κ2) is 5.36. The molecule has 18 heavy (non-hydrogen) atoms. The number of carbonyl (C=O) groups excluding carboxylic acids is 1. The van der Waals surface area contributed by atoms with Crippen molar-refractivity contribution in [2.24, 2.45) is 0 Å². The first-order valence-corrected chi connectivity index (χ1v) is 6.36. The molecule has 0 N–H and O–H groups in total. The van der Waals surface area contributed by atoms with Crippen LogP contribution >= 0.6 is 15.9 Å². The van der Waals surface area contributed by atoms with E-state index in [1.807, 2.05) is 18.2 Å². The normalized spacial score (nSPS) is 10.2. The van der Waals surface area contributed by atoms with Crippen molar-refractivity contribution < 1.29 is 9.53 Å². The Hall–Kier alpha value is -1.61. The molecule has 0 spiro atoms. The van der Waals surface area contributed by atoms with Gasteiger partial charge in [0.1, 0.15) is 0 Å². The second-order valence-electron chi connectivity index (χ2n) is 4.03. The minimum atomic E-state index is -0.311. The van der Waals surface area contributed by atoms with Crippen LogP contribution in [0.5, 0.6) is 0 Å². The largest absolute Gasteiger partial charge is 0.465 e. The van der Waals surface area contributed by atoms with Gasteiger partial charge in [0.25, 0.3) is 0 Å². The van der Waals surface area contributed by atoms with Gasteiger partial charge in [0.2, 0.25) is 0 Å². The van der Waals surface area contributed by atoms with Crippen LogP contribution < -0.4 is 0 Å². The summed E-state index contributed by atoms with van der Waals surface area (Å²) in [5.74, 6) is -0.311. The van der Waals surface area contributed by atoms with Gasteiger partial charge in [0.15, 0.2) is 0 Å². The molecule has 0 bridgehead atoms. The Bertz CT molecular complexity index is 574. The van der Waals surface area contributed by atoms with E-state index in [1.54, 1.807) is 12.1 Å². The summed E-state index contributed by atoms with van der Waals surface area (Å²) in [5, 5.41) is 0. The van der Waals surface area contributed by atoms with Gasteiger partial charge in [0, 0.05) is 4.47 Å². The van der Waals surface area contributed by atoms with E-state index in [4.69, 9.17) is 0 Å². The zero-order valence-electron chi connectivity index (χ0n) is 10.2. The third-order valence-corrected chi connectivity index (χ3v) is 3.30. The van der Waals surface area contributed by atoms with Crippen molar-refractivity contribution in [1.29, 1.82) is 0 Å². The Balaban J connectivity index is 2.37. The van der Waals surface area contributed by atoms with Crippen molar-refractivity contribution in [2.45, 2.75) is 6.92 Å². The molecule has 0 saturated heterocycles. The lowest BCUT2D eigenvalue weighted by atomic mass is 10.00. The lowest BCUT2D eigenvalue weighted by molar-refractivity contribution is 0.0601. The van der Waals surface area contributed by atoms with Crippen molar-refractivity contribution in [2.75, 3.05) is 7.11 Å². The highest BCUT2D eigenvalue weighted by molar-refractivity contribution is 9.10. The number of ether oxygens (including phenoxy) is 1. The van der Waals surface area contributed by atoms with Crippen molar-refractivity contribution >= 4 is 21.9 Å². The Morgan fingerprint density at radius 3 is 2.33 bits per heavy atom. The molecule has 0 fully saturated rings. The molecule has 3 heteroatoms. The summed E-state index contributed by atoms with van der Waals surface area (Å²) >= 11 is 3.45. The van der Waals surface area contributed by atoms with E-state index >= 15 is 0 Å². The molecule has 2 nitrogen and oxygen atoms in total. The van der Waals surface area contributed by atoms with Gasteiger partial charge in [-0.2, -0.15) is 0 Å². The Morgan fingerprint density at radius 2 is 1.78 bits per heavy atom. The summed E-state index contributed by atoms with van der Waals surface area (Å²) in [7, 11) is 1.38. The van der Waals surface area contributed by atoms with Gasteiger partial charge in [0.05, 0.1) is 12.7 Å². The average molecular weight is 305 g/mol. The average Bonchev–Trinajstić information content (AvgIpc) is 2.38. The van der Waals surface area contributed by atoms with Crippen LogP contribution in [0.2, 0.25) is 0 Å². The Kier molecular flexibility index (Phi) is 3.82. The highest BCUT2D eigenvalue weighted by Gasteiger charge is 2.06. The number of hydrogen-bond donors (Lipinski definition) is 0. The molecule has 0 saturated carbocycles. The van der Waals surface area contributed by atoms with Crippen molar-refractivity contribution in [1.82, 2.24) is 0 Å². The zero-order chi connectivity index (χ0) is 13.1. The third kappa shape index (κ3) is 2.62. The van der Waals surface area contributed by atoms with Crippen LogP contribution in [0.15, 0.2) is 46.9 Å². The fraction of sp³-hybridized carbons (Fsp3) is 0.133. The minimum absolute atomic E-state index is 0.311. The topological polar surface area (TPSA) is 26.3 Å². The summed E-state index contributed by atoms with van der Waals surface area (Å²) < 4.78 is 5.74. The van der Waals surface area contributed by atoms with Gasteiger partial charge in [-0.15, -0.1) is 0 Å². The molecule has 0 radical (unpaired) electrons. The van der Waals surface area contributed by atoms with E-state index in [0.29, 0.717) is 5.56 Å². The molecule has 0 aliphatic carbocycles. The highest BCUT2D eigenvalue weighted by Crippen LogP contribution is 2.26. The molecule has 0 unspecified atom stereocenters. The van der Waals surface area contributed by atoms with E-state index in [-0.39, 0.29) is 5.97 Å². The molecular formula is C15H13BrO2. The van der Waals surface area contributed by atoms with E-state index in [0.717, 1.165) is 15.6 Å². The van der Waals surface area contributed by atoms with E-state index < -0.39 is 0 Å². The van der Waals surface area contributed by atoms with E-state index in [9.17, 15) is 4.79 Å². The van der Waals surface area contributed by atoms with Crippen LogP contribution in [0, 0.1) is 6.92 Å². The number of esters is 1. The number of benzene rings is 2. The van der Waals surface area contributed by atoms with Gasteiger partial charge < -0.3 is 4.74 Å². The SMILES string of the molecule is COC(=O)c1ccc(-c2ccc(Br)cc2C)cc1. The summed E-state index contributed by atoms with van der Waals surface area (Å²) in [6.45, 7) is 2.06. The number of methoxy groups -OCH3 is 1. The number of rotatable bonds is 2. The summed E-state index contributed by atoms with van der Waals surface area (Å²) in [4.78, 5) is 11.3. The number of hydrogen-bond acceptors (Lipinski definition) is 2. The standard InChI is InChI=1S/C15H13BrO2/c1-10-9-13(16)7-8-14(10)11-3-5-12(6-4-11)15(17)18-2/h3-9H,1-2H3. The predicted molar refractivity (Wildman–Crippen MR) is 75.7 cm³/mol. The summed E-state index contributed by atoms with van der Waals surface area (Å²) in [6.07, 6.45) is 0. The Labute approximate surface area is 115 Å². The van der Waals surface area contributed by atoms with E-state index in [2.05, 4.69) is 39.7 Å². The summed E-state index contributed by atoms with van der Waals surface area (Å²) in [6, 6.07) is 13.6. The molecular weight excluding hydrogens is 292 g/mol. The first-order chi connectivity index (χ1) is 8.61. The number of halogens is 1. The van der Waals surface area contributed by atoms with Gasteiger partial charge >= 0.3 is 5.97 Å². The molecule has 2 aromatic rings. The van der Waals surface area contributed by atoms with Gasteiger partial charge in [-0.1, -0.05) is 34.1 Å². The van der Waals surface area contributed by atoms with Gasteiger partial charge in [-0.3, -0.25) is 0 Å². The van der Waals surface area contributed by atoms with Crippen LogP contribution in [0.1, 0.15) is 15.9 Å². The maximum absolute atomic E-state index is 11.3. The van der Waals surface area contributed by atoms with Crippen LogP contribution in [0.3, 0.4) is 0 Å². The summed E-state index contributed by atoms with van der Waals surface area (Å²) in [5.41, 5.74) is 4.01. The Morgan fingerprint density at radius 1 is 1.11 bits per heavy atom. The molecule has 2 aromatic carbocycles. The van der Waals surface area contributed by atoms with Crippen molar-refractivity contribution in [3.63, 3.8) is 0 Å². The predicted octanol–water partition coefficient (Wildman–Crippen LogP) is 4.21. The monoisotopic (exact) mass is 304 g/mol. The highest BCUT2D eigenvalue weighted by atomic mass is 79.9. The first-order valence-electron chi connectivity index (χ1n) is 5.56. The third-order valence-electron chi connectivity index (χ3n) is 2.81. The van der Waals surface area contributed by atoms with Gasteiger partial charge in [-0.25, -0.2) is 4.79 Å². The van der Waals surface area contributed by atoms with E-state index in [1.165, 1.54) is 12.7 Å². The van der Waals surface area contributed by atoms with Crippen LogP contribution in [0.4, 0.5) is 0 Å². The molecule has 2 rings (SSSR count). The first kappa shape index (κ1) is 12.8. The maximum atomic E-state index is 11.3.